The van der Waals surface area contributed by atoms with Gasteiger partial charge in [0.05, 0.1) is 25.3 Å². The molecule has 0 aromatic heterocycles. The molecule has 0 bridgehead atoms. The van der Waals surface area contributed by atoms with E-state index in [9.17, 15) is 28.6 Å². The van der Waals surface area contributed by atoms with Gasteiger partial charge in [0.15, 0.2) is 17.7 Å². The Labute approximate surface area is 255 Å². The molecule has 0 aliphatic rings. The van der Waals surface area contributed by atoms with Crippen LogP contribution in [0.25, 0.3) is 0 Å². The Kier molecular flexibility index (Phi) is 13.4. The highest BCUT2D eigenvalue weighted by Crippen LogP contribution is 2.25. The fourth-order valence-corrected chi connectivity index (χ4v) is 5.61. The van der Waals surface area contributed by atoms with Crippen LogP contribution < -0.4 is 10.2 Å². The summed E-state index contributed by atoms with van der Waals surface area (Å²) in [4.78, 5) is 27.2. The molecule has 0 fully saturated rings. The Morgan fingerprint density at radius 2 is 1.67 bits per heavy atom. The van der Waals surface area contributed by atoms with Crippen molar-refractivity contribution in [2.45, 2.75) is 50.0 Å². The number of rotatable bonds is 17. The maximum atomic E-state index is 13.8. The predicted molar refractivity (Wildman–Crippen MR) is 163 cm³/mol. The Morgan fingerprint density at radius 1 is 0.977 bits per heavy atom. The number of likely N-dealkylation sites (N-methyl/N-ethyl adjacent to an activating group) is 1. The molecule has 3 rings (SSSR count). The van der Waals surface area contributed by atoms with E-state index in [0.717, 1.165) is 28.2 Å². The lowest BCUT2D eigenvalue weighted by Gasteiger charge is -2.31. The van der Waals surface area contributed by atoms with Crippen molar-refractivity contribution in [1.82, 2.24) is 9.62 Å². The quantitative estimate of drug-likeness (QED) is 0.154. The van der Waals surface area contributed by atoms with E-state index in [-0.39, 0.29) is 32.1 Å². The van der Waals surface area contributed by atoms with Crippen LogP contribution in [0.4, 0.5) is 14.5 Å². The van der Waals surface area contributed by atoms with Crippen LogP contribution in [0.1, 0.15) is 25.0 Å². The van der Waals surface area contributed by atoms with Crippen molar-refractivity contribution in [3.63, 3.8) is 0 Å². The van der Waals surface area contributed by atoms with Gasteiger partial charge in [0.2, 0.25) is 0 Å². The summed E-state index contributed by atoms with van der Waals surface area (Å²) < 4.78 is 34.3. The van der Waals surface area contributed by atoms with Crippen LogP contribution in [-0.2, 0) is 27.4 Å². The first-order chi connectivity index (χ1) is 20.6. The molecule has 11 heteroatoms. The molecule has 0 saturated carbocycles. The van der Waals surface area contributed by atoms with Gasteiger partial charge in [-0.05, 0) is 59.7 Å². The number of ether oxygens (including phenoxy) is 1. The van der Waals surface area contributed by atoms with Gasteiger partial charge in [-0.25, -0.2) is 13.1 Å². The first kappa shape index (κ1) is 34.0. The van der Waals surface area contributed by atoms with Gasteiger partial charge in [-0.2, -0.15) is 0 Å². The van der Waals surface area contributed by atoms with Crippen LogP contribution in [0.15, 0.2) is 77.7 Å². The van der Waals surface area contributed by atoms with E-state index in [1.165, 1.54) is 22.9 Å². The van der Waals surface area contributed by atoms with Gasteiger partial charge in [0.25, 0.3) is 12.4 Å². The highest BCUT2D eigenvalue weighted by Gasteiger charge is 2.30. The Balaban J connectivity index is 1.78. The molecule has 3 atom stereocenters. The smallest absolute Gasteiger partial charge is 0.293 e. The van der Waals surface area contributed by atoms with Gasteiger partial charge in [0, 0.05) is 36.8 Å². The number of benzene rings is 3. The molecule has 0 aliphatic heterocycles. The van der Waals surface area contributed by atoms with Crippen molar-refractivity contribution < 1.29 is 33.3 Å². The fourth-order valence-electron chi connectivity index (χ4n) is 4.46. The number of anilines is 1. The summed E-state index contributed by atoms with van der Waals surface area (Å²) in [6.07, 6.45) is -1.98. The topological polar surface area (TPSA) is 102 Å². The van der Waals surface area contributed by atoms with E-state index in [1.807, 2.05) is 58.9 Å². The molecule has 3 aromatic carbocycles. The summed E-state index contributed by atoms with van der Waals surface area (Å²) in [7, 11) is 1.56. The van der Waals surface area contributed by atoms with Crippen LogP contribution in [0.3, 0.4) is 0 Å². The summed E-state index contributed by atoms with van der Waals surface area (Å²) in [5, 5.41) is 23.7. The number of carbonyl (C=O) groups is 2. The highest BCUT2D eigenvalue weighted by molar-refractivity contribution is 7.97. The summed E-state index contributed by atoms with van der Waals surface area (Å²) in [6.45, 7) is 5.00. The normalized spacial score (nSPS) is 13.4. The molecule has 3 unspecified atom stereocenters. The molecule has 43 heavy (non-hydrogen) atoms. The number of nitrogens with one attached hydrogen (secondary N) is 1. The minimum absolute atomic E-state index is 0.0500. The summed E-state index contributed by atoms with van der Waals surface area (Å²) in [6, 6.07) is 19.5. The first-order valence-corrected chi connectivity index (χ1v) is 14.8. The zero-order valence-corrected chi connectivity index (χ0v) is 25.3. The van der Waals surface area contributed by atoms with Crippen molar-refractivity contribution in [2.24, 2.45) is 5.92 Å². The van der Waals surface area contributed by atoms with Crippen molar-refractivity contribution in [3.05, 3.63) is 95.6 Å². The van der Waals surface area contributed by atoms with E-state index in [2.05, 4.69) is 19.2 Å². The summed E-state index contributed by atoms with van der Waals surface area (Å²) in [5.41, 5.74) is 1.98. The Morgan fingerprint density at radius 3 is 2.28 bits per heavy atom. The molecule has 8 nitrogen and oxygen atoms in total. The summed E-state index contributed by atoms with van der Waals surface area (Å²) >= 11 is 1.47. The van der Waals surface area contributed by atoms with Gasteiger partial charge in [-0.1, -0.05) is 56.3 Å². The largest absolute Gasteiger partial charge is 0.453 e. The molecule has 0 spiro atoms. The number of hydrogen-bond donors (Lipinski definition) is 3. The summed E-state index contributed by atoms with van der Waals surface area (Å²) in [5.74, 6) is -2.39. The molecule has 232 valence electrons. The third-order valence-corrected chi connectivity index (χ3v) is 7.73. The molecule has 0 aliphatic carbocycles. The molecule has 3 aromatic rings. The molecular weight excluding hydrogens is 576 g/mol. The SMILES string of the molecule is CC(C)CN(CC(O)C(Cc1ccccc1)NC(=O)C(CN(C)c1ccc(F)c(F)c1)OC=O)Sc1ccc(CO)cc1. The maximum absolute atomic E-state index is 13.8. The molecule has 0 heterocycles. The number of aliphatic hydroxyl groups is 2. The average molecular weight is 616 g/mol. The average Bonchev–Trinajstić information content (AvgIpc) is 2.98. The van der Waals surface area contributed by atoms with Crippen LogP contribution in [-0.4, -0.2) is 71.8 Å². The highest BCUT2D eigenvalue weighted by atomic mass is 32.2. The van der Waals surface area contributed by atoms with Crippen LogP contribution in [0.5, 0.6) is 0 Å². The van der Waals surface area contributed by atoms with Gasteiger partial charge < -0.3 is 25.2 Å². The van der Waals surface area contributed by atoms with Crippen LogP contribution in [0.2, 0.25) is 0 Å². The van der Waals surface area contributed by atoms with E-state index in [4.69, 9.17) is 4.74 Å². The first-order valence-electron chi connectivity index (χ1n) is 14.0. The van der Waals surface area contributed by atoms with Gasteiger partial charge in [0.1, 0.15) is 0 Å². The second-order valence-corrected chi connectivity index (χ2v) is 11.9. The molecular formula is C32H39F2N3O5S. The van der Waals surface area contributed by atoms with Crippen LogP contribution >= 0.6 is 11.9 Å². The van der Waals surface area contributed by atoms with Crippen LogP contribution in [0, 0.1) is 17.6 Å². The van der Waals surface area contributed by atoms with Crippen molar-refractivity contribution >= 4 is 30.0 Å². The molecule has 0 radical (unpaired) electrons. The second-order valence-electron chi connectivity index (χ2n) is 10.7. The molecule has 0 saturated heterocycles. The lowest BCUT2D eigenvalue weighted by atomic mass is 10.0. The molecule has 3 N–H and O–H groups in total. The van der Waals surface area contributed by atoms with E-state index in [0.29, 0.717) is 18.7 Å². The minimum Gasteiger partial charge on any atom is -0.453 e. The lowest BCUT2D eigenvalue weighted by molar-refractivity contribution is -0.145. The minimum atomic E-state index is -1.28. The number of halogens is 2. The zero-order chi connectivity index (χ0) is 31.4. The number of aliphatic hydroxyl groups excluding tert-OH is 2. The predicted octanol–water partition coefficient (Wildman–Crippen LogP) is 4.19. The van der Waals surface area contributed by atoms with Crippen molar-refractivity contribution in [2.75, 3.05) is 31.6 Å². The van der Waals surface area contributed by atoms with E-state index < -0.39 is 35.8 Å². The third-order valence-electron chi connectivity index (χ3n) is 6.69. The second kappa shape index (κ2) is 17.0. The van der Waals surface area contributed by atoms with Crippen molar-refractivity contribution in [1.29, 1.82) is 0 Å². The standard InChI is InChI=1S/C32H39F2N3O5S/c1-22(2)17-37(43-26-12-9-24(20-38)10-13-26)18-30(40)29(15-23-7-5-4-6-8-23)35-32(41)31(42-21-39)19-36(3)25-11-14-27(33)28(34)16-25/h4-14,16,21-22,29-31,38,40H,15,17-20H2,1-3H3,(H,35,41). The lowest BCUT2D eigenvalue weighted by Crippen LogP contribution is -2.53. The Hall–Kier alpha value is -3.51. The number of nitrogens with zero attached hydrogens (tertiary/aromatic N) is 2. The Bertz CT molecular complexity index is 1300. The monoisotopic (exact) mass is 615 g/mol. The van der Waals surface area contributed by atoms with Gasteiger partial charge in [-0.15, -0.1) is 0 Å². The number of carbonyl (C=O) groups excluding carboxylic acids is 2. The number of hydrogen-bond acceptors (Lipinski definition) is 8. The zero-order valence-electron chi connectivity index (χ0n) is 24.5. The van der Waals surface area contributed by atoms with E-state index in [1.54, 1.807) is 7.05 Å². The van der Waals surface area contributed by atoms with Gasteiger partial charge >= 0.3 is 0 Å². The fraction of sp³-hybridized carbons (Fsp3) is 0.375. The van der Waals surface area contributed by atoms with Crippen molar-refractivity contribution in [3.8, 4) is 0 Å². The number of amides is 1. The molecule has 1 amide bonds. The van der Waals surface area contributed by atoms with Gasteiger partial charge in [-0.3, -0.25) is 9.59 Å². The maximum Gasteiger partial charge on any atom is 0.293 e. The third kappa shape index (κ3) is 10.9. The van der Waals surface area contributed by atoms with E-state index >= 15 is 0 Å².